The number of alkyl halides is 3. The normalized spacial score (nSPS) is 16.7. The van der Waals surface area contributed by atoms with E-state index in [4.69, 9.17) is 39.5 Å². The Morgan fingerprint density at radius 2 is 1.76 bits per heavy atom. The third kappa shape index (κ3) is 6.88. The molecule has 0 amide bonds. The van der Waals surface area contributed by atoms with Crippen LogP contribution < -0.4 is 10.6 Å². The van der Waals surface area contributed by atoms with Crippen molar-refractivity contribution in [3.63, 3.8) is 0 Å². The van der Waals surface area contributed by atoms with Gasteiger partial charge in [0, 0.05) is 26.2 Å². The molecule has 1 aliphatic heterocycles. The highest BCUT2D eigenvalue weighted by Crippen LogP contribution is 2.36. The maximum absolute atomic E-state index is 9.40. The highest BCUT2D eigenvalue weighted by Gasteiger charge is 2.29. The molecule has 1 aromatic rings. The van der Waals surface area contributed by atoms with Crippen LogP contribution in [0.3, 0.4) is 0 Å². The van der Waals surface area contributed by atoms with Gasteiger partial charge >= 0.3 is 0 Å². The molecule has 0 atom stereocenters. The number of anilines is 2. The van der Waals surface area contributed by atoms with Crippen LogP contribution in [0, 0.1) is 0 Å². The SMILES string of the molecule is CC(C)(CO)Nc1nc(NCCN2CCOCC2)nc(C(Cl)(Cl)Cl)n1. The maximum atomic E-state index is 9.40. The summed E-state index contributed by atoms with van der Waals surface area (Å²) < 4.78 is 3.55. The molecule has 0 radical (unpaired) electrons. The average molecular weight is 414 g/mol. The number of aromatic nitrogens is 3. The van der Waals surface area contributed by atoms with E-state index < -0.39 is 9.33 Å². The Morgan fingerprint density at radius 1 is 1.12 bits per heavy atom. The summed E-state index contributed by atoms with van der Waals surface area (Å²) >= 11 is 17.7. The highest BCUT2D eigenvalue weighted by molar-refractivity contribution is 6.66. The van der Waals surface area contributed by atoms with Crippen molar-refractivity contribution in [3.05, 3.63) is 5.82 Å². The van der Waals surface area contributed by atoms with Crippen LogP contribution in [0.25, 0.3) is 0 Å². The zero-order valence-corrected chi connectivity index (χ0v) is 16.5. The molecule has 1 aliphatic rings. The molecule has 0 aromatic carbocycles. The van der Waals surface area contributed by atoms with Gasteiger partial charge in [-0.25, -0.2) is 0 Å². The summed E-state index contributed by atoms with van der Waals surface area (Å²) in [5.41, 5.74) is -0.628. The first-order chi connectivity index (χ1) is 11.7. The Bertz CT molecular complexity index is 564. The van der Waals surface area contributed by atoms with E-state index in [1.807, 2.05) is 0 Å². The van der Waals surface area contributed by atoms with Gasteiger partial charge in [0.25, 0.3) is 0 Å². The lowest BCUT2D eigenvalue weighted by molar-refractivity contribution is 0.0398. The van der Waals surface area contributed by atoms with Crippen LogP contribution in [0.5, 0.6) is 0 Å². The predicted molar refractivity (Wildman–Crippen MR) is 99.6 cm³/mol. The molecule has 8 nitrogen and oxygen atoms in total. The molecule has 1 saturated heterocycles. The van der Waals surface area contributed by atoms with Crippen molar-refractivity contribution in [2.24, 2.45) is 0 Å². The molecule has 0 unspecified atom stereocenters. The van der Waals surface area contributed by atoms with Crippen LogP contribution in [0.2, 0.25) is 0 Å². The lowest BCUT2D eigenvalue weighted by atomic mass is 10.1. The second kappa shape index (κ2) is 8.83. The predicted octanol–water partition coefficient (Wildman–Crippen LogP) is 1.63. The van der Waals surface area contributed by atoms with Crippen molar-refractivity contribution in [1.82, 2.24) is 19.9 Å². The molecular weight excluding hydrogens is 391 g/mol. The minimum Gasteiger partial charge on any atom is -0.394 e. The second-order valence-electron chi connectivity index (χ2n) is 6.35. The number of hydrogen-bond acceptors (Lipinski definition) is 8. The number of morpholine rings is 1. The number of nitrogens with zero attached hydrogens (tertiary/aromatic N) is 4. The topological polar surface area (TPSA) is 95.4 Å². The first-order valence-corrected chi connectivity index (χ1v) is 9.09. The van der Waals surface area contributed by atoms with Crippen LogP contribution in [0.4, 0.5) is 11.9 Å². The van der Waals surface area contributed by atoms with Gasteiger partial charge in [-0.15, -0.1) is 0 Å². The van der Waals surface area contributed by atoms with Gasteiger partial charge in [0.1, 0.15) is 0 Å². The fourth-order valence-electron chi connectivity index (χ4n) is 2.13. The summed E-state index contributed by atoms with van der Waals surface area (Å²) in [7, 11) is 0. The summed E-state index contributed by atoms with van der Waals surface area (Å²) in [5.74, 6) is 0.544. The summed E-state index contributed by atoms with van der Waals surface area (Å²) in [6.07, 6.45) is 0. The van der Waals surface area contributed by atoms with E-state index in [-0.39, 0.29) is 18.4 Å². The zero-order chi connectivity index (χ0) is 18.5. The summed E-state index contributed by atoms with van der Waals surface area (Å²) in [4.78, 5) is 14.9. The molecule has 1 aromatic heterocycles. The van der Waals surface area contributed by atoms with Crippen LogP contribution >= 0.6 is 34.8 Å². The first kappa shape index (κ1) is 20.7. The van der Waals surface area contributed by atoms with E-state index in [0.29, 0.717) is 12.5 Å². The van der Waals surface area contributed by atoms with Crippen molar-refractivity contribution in [3.8, 4) is 0 Å². The van der Waals surface area contributed by atoms with Crippen molar-refractivity contribution < 1.29 is 9.84 Å². The van der Waals surface area contributed by atoms with Crippen molar-refractivity contribution in [2.75, 3.05) is 56.6 Å². The number of halogens is 3. The highest BCUT2D eigenvalue weighted by atomic mass is 35.6. The molecule has 2 heterocycles. The molecule has 0 aliphatic carbocycles. The molecule has 0 bridgehead atoms. The molecular formula is C14H23Cl3N6O2. The molecule has 11 heteroatoms. The Labute approximate surface area is 162 Å². The Hall–Kier alpha value is -0.640. The minimum atomic E-state index is -1.77. The second-order valence-corrected chi connectivity index (χ2v) is 8.63. The molecule has 0 saturated carbocycles. The fourth-order valence-corrected chi connectivity index (χ4v) is 2.38. The Balaban J connectivity index is 2.07. The van der Waals surface area contributed by atoms with Crippen LogP contribution in [-0.4, -0.2) is 76.5 Å². The molecule has 25 heavy (non-hydrogen) atoms. The smallest absolute Gasteiger partial charge is 0.250 e. The van der Waals surface area contributed by atoms with E-state index in [1.165, 1.54) is 0 Å². The molecule has 142 valence electrons. The third-order valence-electron chi connectivity index (χ3n) is 3.55. The van der Waals surface area contributed by atoms with Crippen molar-refractivity contribution >= 4 is 46.7 Å². The Kier molecular flexibility index (Phi) is 7.30. The summed E-state index contributed by atoms with van der Waals surface area (Å²) in [5, 5.41) is 15.5. The molecule has 2 rings (SSSR count). The molecule has 1 fully saturated rings. The lowest BCUT2D eigenvalue weighted by Crippen LogP contribution is -2.39. The van der Waals surface area contributed by atoms with Gasteiger partial charge in [-0.3, -0.25) is 4.90 Å². The Morgan fingerprint density at radius 3 is 2.36 bits per heavy atom. The largest absolute Gasteiger partial charge is 0.394 e. The zero-order valence-electron chi connectivity index (χ0n) is 14.2. The van der Waals surface area contributed by atoms with E-state index in [1.54, 1.807) is 13.8 Å². The van der Waals surface area contributed by atoms with Gasteiger partial charge in [-0.1, -0.05) is 34.8 Å². The maximum Gasteiger partial charge on any atom is 0.250 e. The van der Waals surface area contributed by atoms with Crippen LogP contribution in [-0.2, 0) is 8.53 Å². The average Bonchev–Trinajstić information content (AvgIpc) is 2.54. The number of ether oxygens (including phenoxy) is 1. The van der Waals surface area contributed by atoms with Crippen LogP contribution in [0.1, 0.15) is 19.7 Å². The van der Waals surface area contributed by atoms with Gasteiger partial charge < -0.3 is 20.5 Å². The number of aliphatic hydroxyl groups is 1. The fraction of sp³-hybridized carbons (Fsp3) is 0.786. The van der Waals surface area contributed by atoms with E-state index in [2.05, 4.69) is 30.5 Å². The van der Waals surface area contributed by atoms with Gasteiger partial charge in [0.05, 0.1) is 25.4 Å². The number of aliphatic hydroxyl groups excluding tert-OH is 1. The standard InChI is InChI=1S/C14H23Cl3N6O2/c1-13(2,9-24)22-12-20-10(14(15,16)17)19-11(21-12)18-3-4-23-5-7-25-8-6-23/h24H,3-9H2,1-2H3,(H2,18,19,20,21,22). The van der Waals surface area contributed by atoms with Crippen LogP contribution in [0.15, 0.2) is 0 Å². The van der Waals surface area contributed by atoms with E-state index in [9.17, 15) is 5.11 Å². The first-order valence-electron chi connectivity index (χ1n) is 7.96. The quantitative estimate of drug-likeness (QED) is 0.581. The molecule has 3 N–H and O–H groups in total. The number of nitrogens with one attached hydrogen (secondary N) is 2. The van der Waals surface area contributed by atoms with E-state index >= 15 is 0 Å². The van der Waals surface area contributed by atoms with Crippen molar-refractivity contribution in [1.29, 1.82) is 0 Å². The number of hydrogen-bond donors (Lipinski definition) is 3. The lowest BCUT2D eigenvalue weighted by Gasteiger charge is -2.26. The van der Waals surface area contributed by atoms with Gasteiger partial charge in [0.2, 0.25) is 15.7 Å². The van der Waals surface area contributed by atoms with Gasteiger partial charge in [-0.05, 0) is 13.8 Å². The van der Waals surface area contributed by atoms with Crippen molar-refractivity contribution in [2.45, 2.75) is 23.2 Å². The third-order valence-corrected chi connectivity index (χ3v) is 4.06. The van der Waals surface area contributed by atoms with Gasteiger partial charge in [-0.2, -0.15) is 15.0 Å². The summed E-state index contributed by atoms with van der Waals surface area (Å²) in [6.45, 7) is 8.23. The summed E-state index contributed by atoms with van der Waals surface area (Å²) in [6, 6.07) is 0. The monoisotopic (exact) mass is 412 g/mol. The van der Waals surface area contributed by atoms with Gasteiger partial charge in [0.15, 0.2) is 5.82 Å². The van der Waals surface area contributed by atoms with E-state index in [0.717, 1.165) is 32.8 Å². The minimum absolute atomic E-state index is 0.0117. The molecule has 0 spiro atoms. The number of rotatable bonds is 7.